The Labute approximate surface area is 270 Å². The van der Waals surface area contributed by atoms with Crippen molar-refractivity contribution >= 4 is 29.7 Å². The van der Waals surface area contributed by atoms with Crippen molar-refractivity contribution in [2.75, 3.05) is 33.0 Å². The molecule has 3 fully saturated rings. The van der Waals surface area contributed by atoms with E-state index in [0.717, 1.165) is 54.4 Å². The lowest BCUT2D eigenvalue weighted by Gasteiger charge is -2.44. The average Bonchev–Trinajstić information content (AvgIpc) is 3.53. The van der Waals surface area contributed by atoms with Gasteiger partial charge in [0.1, 0.15) is 0 Å². The van der Waals surface area contributed by atoms with Crippen LogP contribution in [0.3, 0.4) is 0 Å². The highest BCUT2D eigenvalue weighted by atomic mass is 32.2. The molecule has 1 aliphatic carbocycles. The summed E-state index contributed by atoms with van der Waals surface area (Å²) in [7, 11) is 0. The Bertz CT molecular complexity index is 1610. The summed E-state index contributed by atoms with van der Waals surface area (Å²) in [5.41, 5.74) is 6.52. The fraction of sp³-hybridized carbons (Fsp3) is 0.405. The predicted molar refractivity (Wildman–Crippen MR) is 178 cm³/mol. The van der Waals surface area contributed by atoms with Gasteiger partial charge in [0.25, 0.3) is 11.8 Å². The van der Waals surface area contributed by atoms with Crippen molar-refractivity contribution in [3.63, 3.8) is 0 Å². The van der Waals surface area contributed by atoms with Gasteiger partial charge in [-0.3, -0.25) is 14.5 Å². The fourth-order valence-corrected chi connectivity index (χ4v) is 8.45. The Kier molecular flexibility index (Phi) is 8.60. The van der Waals surface area contributed by atoms with Crippen LogP contribution >= 0.6 is 11.8 Å². The van der Waals surface area contributed by atoms with E-state index in [0.29, 0.717) is 30.4 Å². The number of hydrogen-bond acceptors (Lipinski definition) is 6. The summed E-state index contributed by atoms with van der Waals surface area (Å²) in [6, 6.07) is 20.7. The quantitative estimate of drug-likeness (QED) is 0.296. The predicted octanol–water partition coefficient (Wildman–Crippen LogP) is 6.42. The normalized spacial score (nSPS) is 22.5. The van der Waals surface area contributed by atoms with E-state index < -0.39 is 0 Å². The number of benzene rings is 3. The van der Waals surface area contributed by atoms with Crippen molar-refractivity contribution < 1.29 is 19.1 Å². The lowest BCUT2D eigenvalue weighted by molar-refractivity contribution is -0.130. The molecule has 7 rings (SSSR count). The first-order valence-electron chi connectivity index (χ1n) is 16.2. The molecule has 45 heavy (non-hydrogen) atoms. The molecule has 2 unspecified atom stereocenters. The van der Waals surface area contributed by atoms with Gasteiger partial charge in [-0.25, -0.2) is 0 Å². The number of nitrogens with zero attached hydrogens (tertiary/aromatic N) is 3. The Morgan fingerprint density at radius 2 is 1.67 bits per heavy atom. The minimum atomic E-state index is 0.0600. The Balaban J connectivity index is 0.996. The van der Waals surface area contributed by atoms with Crippen molar-refractivity contribution in [2.24, 2.45) is 0 Å². The third kappa shape index (κ3) is 6.49. The molecule has 234 valence electrons. The van der Waals surface area contributed by atoms with Gasteiger partial charge in [0, 0.05) is 56.1 Å². The lowest BCUT2D eigenvalue weighted by Crippen LogP contribution is -2.50. The maximum atomic E-state index is 13.9. The molecule has 0 spiro atoms. The molecule has 7 nitrogen and oxygen atoms in total. The zero-order chi connectivity index (χ0) is 30.9. The van der Waals surface area contributed by atoms with Gasteiger partial charge < -0.3 is 19.3 Å². The van der Waals surface area contributed by atoms with Gasteiger partial charge in [0.2, 0.25) is 6.79 Å². The second-order valence-corrected chi connectivity index (χ2v) is 14.0. The molecule has 3 aromatic carbocycles. The first kappa shape index (κ1) is 29.9. The monoisotopic (exact) mass is 623 g/mol. The number of thioether (sulfide) groups is 1. The minimum absolute atomic E-state index is 0.0600. The number of carbonyl (C=O) groups excluding carboxylic acids is 2. The fourth-order valence-electron chi connectivity index (χ4n) is 6.98. The van der Waals surface area contributed by atoms with Crippen LogP contribution in [-0.2, 0) is 17.9 Å². The molecule has 4 aliphatic rings. The minimum Gasteiger partial charge on any atom is -0.454 e. The van der Waals surface area contributed by atoms with Gasteiger partial charge in [0.05, 0.1) is 4.91 Å². The summed E-state index contributed by atoms with van der Waals surface area (Å²) in [4.78, 5) is 34.5. The summed E-state index contributed by atoms with van der Waals surface area (Å²) in [6.45, 7) is 9.04. The second-order valence-electron chi connectivity index (χ2n) is 12.8. The zero-order valence-electron chi connectivity index (χ0n) is 26.2. The van der Waals surface area contributed by atoms with Gasteiger partial charge >= 0.3 is 0 Å². The van der Waals surface area contributed by atoms with Gasteiger partial charge in [-0.05, 0) is 79.3 Å². The summed E-state index contributed by atoms with van der Waals surface area (Å²) >= 11 is 1.76. The van der Waals surface area contributed by atoms with E-state index in [9.17, 15) is 9.59 Å². The molecule has 0 bridgehead atoms. The second kappa shape index (κ2) is 12.9. The molecular weight excluding hydrogens is 582 g/mol. The van der Waals surface area contributed by atoms with E-state index in [1.165, 1.54) is 35.1 Å². The molecule has 2 amide bonds. The highest BCUT2D eigenvalue weighted by Crippen LogP contribution is 2.43. The van der Waals surface area contributed by atoms with Crippen LogP contribution < -0.4 is 9.47 Å². The maximum Gasteiger partial charge on any atom is 0.260 e. The Morgan fingerprint density at radius 1 is 0.889 bits per heavy atom. The molecular formula is C37H41N3O4S. The van der Waals surface area contributed by atoms with Crippen molar-refractivity contribution in [3.05, 3.63) is 98.9 Å². The third-order valence-electron chi connectivity index (χ3n) is 9.62. The van der Waals surface area contributed by atoms with Gasteiger partial charge in [-0.2, -0.15) is 0 Å². The van der Waals surface area contributed by atoms with Gasteiger partial charge in [0.15, 0.2) is 11.5 Å². The number of carbonyl (C=O) groups is 2. The molecule has 3 aliphatic heterocycles. The van der Waals surface area contributed by atoms with Crippen LogP contribution in [-0.4, -0.2) is 70.8 Å². The number of piperazine rings is 1. The lowest BCUT2D eigenvalue weighted by atomic mass is 9.92. The average molecular weight is 624 g/mol. The van der Waals surface area contributed by atoms with Crippen LogP contribution in [0.5, 0.6) is 11.5 Å². The molecule has 3 heterocycles. The molecule has 0 aromatic heterocycles. The smallest absolute Gasteiger partial charge is 0.260 e. The van der Waals surface area contributed by atoms with E-state index in [1.54, 1.807) is 11.8 Å². The number of amides is 2. The van der Waals surface area contributed by atoms with Gasteiger partial charge in [-0.1, -0.05) is 54.8 Å². The number of rotatable bonds is 6. The summed E-state index contributed by atoms with van der Waals surface area (Å²) in [6.07, 6.45) is 6.64. The van der Waals surface area contributed by atoms with Gasteiger partial charge in [-0.15, -0.1) is 11.8 Å². The first-order valence-corrected chi connectivity index (χ1v) is 17.0. The number of hydrogen-bond donors (Lipinski definition) is 0. The number of fused-ring (bicyclic) bond motifs is 2. The Morgan fingerprint density at radius 3 is 2.49 bits per heavy atom. The van der Waals surface area contributed by atoms with Crippen LogP contribution in [0.4, 0.5) is 0 Å². The summed E-state index contributed by atoms with van der Waals surface area (Å²) in [5.74, 6) is 1.79. The standard InChI is InChI=1S/C37H41N3O4S/c1-25-7-8-26(2)30(19-25)23-40-31-5-3-4-6-34(31)45-35(37(40)42)21-27-9-12-29(13-10-27)36(41)39-17-15-38(16-18-39)22-28-11-14-32-33(20-28)44-24-43-32/h7-14,19-21,31,34H,3-6,15-18,22-24H2,1-2H3/b35-21-. The summed E-state index contributed by atoms with van der Waals surface area (Å²) in [5, 5.41) is 0.428. The number of ether oxygens (including phenoxy) is 2. The van der Waals surface area contributed by atoms with E-state index in [1.807, 2.05) is 47.4 Å². The highest BCUT2D eigenvalue weighted by molar-refractivity contribution is 8.04. The molecule has 8 heteroatoms. The molecule has 2 saturated heterocycles. The van der Waals surface area contributed by atoms with Crippen LogP contribution in [0.1, 0.15) is 63.9 Å². The van der Waals surface area contributed by atoms with Crippen molar-refractivity contribution in [3.8, 4) is 11.5 Å². The van der Waals surface area contributed by atoms with Crippen molar-refractivity contribution in [1.29, 1.82) is 0 Å². The van der Waals surface area contributed by atoms with Crippen molar-refractivity contribution in [1.82, 2.24) is 14.7 Å². The highest BCUT2D eigenvalue weighted by Gasteiger charge is 2.40. The molecule has 0 N–H and O–H groups in total. The van der Waals surface area contributed by atoms with E-state index in [-0.39, 0.29) is 24.6 Å². The molecule has 0 radical (unpaired) electrons. The van der Waals surface area contributed by atoms with Crippen LogP contribution in [0.15, 0.2) is 65.6 Å². The first-order chi connectivity index (χ1) is 21.9. The van der Waals surface area contributed by atoms with E-state index >= 15 is 0 Å². The molecule has 1 saturated carbocycles. The van der Waals surface area contributed by atoms with E-state index in [2.05, 4.69) is 47.9 Å². The van der Waals surface area contributed by atoms with Crippen LogP contribution in [0.2, 0.25) is 0 Å². The zero-order valence-corrected chi connectivity index (χ0v) is 27.0. The topological polar surface area (TPSA) is 62.3 Å². The van der Waals surface area contributed by atoms with E-state index in [4.69, 9.17) is 9.47 Å². The van der Waals surface area contributed by atoms with Crippen LogP contribution in [0, 0.1) is 13.8 Å². The largest absolute Gasteiger partial charge is 0.454 e. The number of aryl methyl sites for hydroxylation is 2. The maximum absolute atomic E-state index is 13.9. The SMILES string of the molecule is Cc1ccc(C)c(CN2C(=O)/C(=C/c3ccc(C(=O)N4CCN(Cc5ccc6c(c5)OCO6)CC4)cc3)SC3CCCCC32)c1. The molecule has 2 atom stereocenters. The molecule has 3 aromatic rings. The third-order valence-corrected chi connectivity index (χ3v) is 11.0. The van der Waals surface area contributed by atoms with Crippen molar-refractivity contribution in [2.45, 2.75) is 63.9 Å². The summed E-state index contributed by atoms with van der Waals surface area (Å²) < 4.78 is 10.9. The Hall–Kier alpha value is -3.75. The van der Waals surface area contributed by atoms with Crippen LogP contribution in [0.25, 0.3) is 6.08 Å².